The summed E-state index contributed by atoms with van der Waals surface area (Å²) in [6, 6.07) is 6.51. The van der Waals surface area contributed by atoms with Crippen LogP contribution < -0.4 is 10.9 Å². The molecule has 0 bridgehead atoms. The first-order chi connectivity index (χ1) is 14.9. The van der Waals surface area contributed by atoms with Crippen LogP contribution >= 0.6 is 23.1 Å². The lowest BCUT2D eigenvalue weighted by Crippen LogP contribution is -2.13. The monoisotopic (exact) mass is 458 g/mol. The fraction of sp³-hybridized carbons (Fsp3) is 0.250. The predicted octanol–water partition coefficient (Wildman–Crippen LogP) is 4.78. The number of carbonyl (C=O) groups excluding carboxylic acids is 1. The molecule has 11 heteroatoms. The van der Waals surface area contributed by atoms with Crippen LogP contribution in [0.3, 0.4) is 0 Å². The van der Waals surface area contributed by atoms with Crippen LogP contribution in [0.5, 0.6) is 0 Å². The molecule has 31 heavy (non-hydrogen) atoms. The molecule has 160 valence electrons. The van der Waals surface area contributed by atoms with Crippen molar-refractivity contribution in [3.63, 3.8) is 0 Å². The van der Waals surface area contributed by atoms with Crippen LogP contribution in [0.4, 0.5) is 10.5 Å². The van der Waals surface area contributed by atoms with Gasteiger partial charge in [-0.15, -0.1) is 21.5 Å². The first kappa shape index (κ1) is 21.1. The van der Waals surface area contributed by atoms with Gasteiger partial charge in [-0.2, -0.15) is 0 Å². The number of rotatable bonds is 6. The van der Waals surface area contributed by atoms with Gasteiger partial charge >= 0.3 is 11.7 Å². The summed E-state index contributed by atoms with van der Waals surface area (Å²) in [7, 11) is 0. The highest BCUT2D eigenvalue weighted by Gasteiger charge is 2.16. The molecule has 0 atom stereocenters. The van der Waals surface area contributed by atoms with Gasteiger partial charge in [-0.25, -0.2) is 14.6 Å². The molecule has 0 saturated carbocycles. The molecule has 0 saturated heterocycles. The Morgan fingerprint density at radius 3 is 2.81 bits per heavy atom. The van der Waals surface area contributed by atoms with Crippen LogP contribution in [0, 0.1) is 13.8 Å². The van der Waals surface area contributed by atoms with Gasteiger partial charge in [-0.3, -0.25) is 5.32 Å². The number of amides is 1. The van der Waals surface area contributed by atoms with E-state index in [2.05, 4.69) is 20.5 Å². The number of nitrogens with zero attached hydrogens (tertiary/aromatic N) is 3. The summed E-state index contributed by atoms with van der Waals surface area (Å²) in [5.41, 5.74) is 1.94. The van der Waals surface area contributed by atoms with Crippen molar-refractivity contribution in [2.45, 2.75) is 31.7 Å². The van der Waals surface area contributed by atoms with Crippen molar-refractivity contribution < 1.29 is 18.4 Å². The van der Waals surface area contributed by atoms with E-state index in [0.717, 1.165) is 26.5 Å². The van der Waals surface area contributed by atoms with Crippen molar-refractivity contribution in [1.82, 2.24) is 15.2 Å². The summed E-state index contributed by atoms with van der Waals surface area (Å²) in [6.45, 7) is 5.80. The van der Waals surface area contributed by atoms with Gasteiger partial charge in [-0.1, -0.05) is 11.8 Å². The Morgan fingerprint density at radius 1 is 1.23 bits per heavy atom. The quantitative estimate of drug-likeness (QED) is 0.321. The van der Waals surface area contributed by atoms with Gasteiger partial charge in [0.15, 0.2) is 0 Å². The lowest BCUT2D eigenvalue weighted by atomic mass is 10.1. The maximum atomic E-state index is 12.0. The average Bonchev–Trinajstić information content (AvgIpc) is 3.31. The highest BCUT2D eigenvalue weighted by Crippen LogP contribution is 2.32. The fourth-order valence-electron chi connectivity index (χ4n) is 2.94. The molecule has 0 aliphatic rings. The Labute approximate surface area is 184 Å². The SMILES string of the molecule is CCOC(=O)Nc1ccc2c(CSc3nnc(-c4sc(C)nc4C)o3)cc(=O)oc2c1. The van der Waals surface area contributed by atoms with Gasteiger partial charge in [-0.05, 0) is 38.5 Å². The van der Waals surface area contributed by atoms with E-state index < -0.39 is 11.7 Å². The minimum atomic E-state index is -0.575. The second-order valence-electron chi connectivity index (χ2n) is 6.46. The molecule has 0 fully saturated rings. The van der Waals surface area contributed by atoms with Crippen molar-refractivity contribution in [3.8, 4) is 10.8 Å². The molecule has 3 heterocycles. The zero-order chi connectivity index (χ0) is 22.0. The van der Waals surface area contributed by atoms with Gasteiger partial charge in [0.25, 0.3) is 11.1 Å². The number of hydrogen-bond acceptors (Lipinski definition) is 10. The van der Waals surface area contributed by atoms with E-state index in [1.807, 2.05) is 13.8 Å². The smallest absolute Gasteiger partial charge is 0.411 e. The summed E-state index contributed by atoms with van der Waals surface area (Å²) >= 11 is 2.82. The van der Waals surface area contributed by atoms with Crippen LogP contribution in [0.25, 0.3) is 21.7 Å². The second-order valence-corrected chi connectivity index (χ2v) is 8.59. The minimum Gasteiger partial charge on any atom is -0.450 e. The number of anilines is 1. The summed E-state index contributed by atoms with van der Waals surface area (Å²) in [5, 5.41) is 12.9. The number of thioether (sulfide) groups is 1. The fourth-order valence-corrected chi connectivity index (χ4v) is 4.54. The normalized spacial score (nSPS) is 11.1. The lowest BCUT2D eigenvalue weighted by Gasteiger charge is -2.08. The number of carbonyl (C=O) groups is 1. The molecule has 0 aliphatic carbocycles. The second kappa shape index (κ2) is 8.90. The standard InChI is InChI=1S/C20H18N4O5S2/c1-4-27-19(26)22-13-5-6-14-12(7-16(25)28-15(14)8-13)9-30-20-24-23-18(29-20)17-10(2)21-11(3)31-17/h5-8H,4,9H2,1-3H3,(H,22,26). The van der Waals surface area contributed by atoms with Gasteiger partial charge in [0, 0.05) is 29.0 Å². The van der Waals surface area contributed by atoms with E-state index in [-0.39, 0.29) is 6.61 Å². The van der Waals surface area contributed by atoms with Crippen molar-refractivity contribution in [2.75, 3.05) is 11.9 Å². The summed E-state index contributed by atoms with van der Waals surface area (Å²) in [6.07, 6.45) is -0.575. The van der Waals surface area contributed by atoms with E-state index in [1.165, 1.54) is 29.2 Å². The Kier molecular flexibility index (Phi) is 6.05. The summed E-state index contributed by atoms with van der Waals surface area (Å²) in [5.74, 6) is 0.854. The van der Waals surface area contributed by atoms with Crippen molar-refractivity contribution in [1.29, 1.82) is 0 Å². The van der Waals surface area contributed by atoms with Crippen molar-refractivity contribution in [2.24, 2.45) is 0 Å². The molecule has 0 radical (unpaired) electrons. The highest BCUT2D eigenvalue weighted by molar-refractivity contribution is 7.98. The van der Waals surface area contributed by atoms with E-state index in [1.54, 1.807) is 25.1 Å². The van der Waals surface area contributed by atoms with E-state index >= 15 is 0 Å². The molecule has 3 aromatic heterocycles. The summed E-state index contributed by atoms with van der Waals surface area (Å²) in [4.78, 5) is 28.9. The van der Waals surface area contributed by atoms with E-state index in [9.17, 15) is 9.59 Å². The molecular formula is C20H18N4O5S2. The summed E-state index contributed by atoms with van der Waals surface area (Å²) < 4.78 is 15.9. The third-order valence-electron chi connectivity index (χ3n) is 4.21. The predicted molar refractivity (Wildman–Crippen MR) is 118 cm³/mol. The maximum absolute atomic E-state index is 12.0. The first-order valence-corrected chi connectivity index (χ1v) is 11.1. The molecule has 0 spiro atoms. The van der Waals surface area contributed by atoms with E-state index in [0.29, 0.717) is 28.1 Å². The number of nitrogens with one attached hydrogen (secondary N) is 1. The molecule has 1 N–H and O–H groups in total. The van der Waals surface area contributed by atoms with E-state index in [4.69, 9.17) is 13.6 Å². The van der Waals surface area contributed by atoms with Crippen LogP contribution in [-0.4, -0.2) is 27.9 Å². The molecule has 0 unspecified atom stereocenters. The number of hydrogen-bond donors (Lipinski definition) is 1. The third-order valence-corrected chi connectivity index (χ3v) is 6.14. The minimum absolute atomic E-state index is 0.259. The van der Waals surface area contributed by atoms with Gasteiger partial charge in [0.05, 0.1) is 17.3 Å². The molecule has 9 nitrogen and oxygen atoms in total. The maximum Gasteiger partial charge on any atom is 0.411 e. The zero-order valence-electron chi connectivity index (χ0n) is 16.9. The largest absolute Gasteiger partial charge is 0.450 e. The van der Waals surface area contributed by atoms with Crippen LogP contribution in [0.2, 0.25) is 0 Å². The van der Waals surface area contributed by atoms with Crippen LogP contribution in [0.1, 0.15) is 23.2 Å². The molecule has 1 aromatic carbocycles. The number of aryl methyl sites for hydroxylation is 2. The number of fused-ring (bicyclic) bond motifs is 1. The van der Waals surface area contributed by atoms with Crippen LogP contribution in [0.15, 0.2) is 43.1 Å². The Bertz CT molecular complexity index is 1310. The number of benzene rings is 1. The molecule has 4 rings (SSSR count). The third kappa shape index (κ3) is 4.78. The van der Waals surface area contributed by atoms with Gasteiger partial charge in [0.1, 0.15) is 10.5 Å². The Hall–Kier alpha value is -3.18. The van der Waals surface area contributed by atoms with Gasteiger partial charge in [0.2, 0.25) is 0 Å². The molecule has 1 amide bonds. The highest BCUT2D eigenvalue weighted by atomic mass is 32.2. The number of ether oxygens (including phenoxy) is 1. The lowest BCUT2D eigenvalue weighted by molar-refractivity contribution is 0.168. The number of aromatic nitrogens is 3. The molecule has 4 aromatic rings. The van der Waals surface area contributed by atoms with Gasteiger partial charge < -0.3 is 13.6 Å². The Morgan fingerprint density at radius 2 is 2.06 bits per heavy atom. The van der Waals surface area contributed by atoms with Crippen LogP contribution in [-0.2, 0) is 10.5 Å². The zero-order valence-corrected chi connectivity index (χ0v) is 18.6. The van der Waals surface area contributed by atoms with Crippen molar-refractivity contribution in [3.05, 3.63) is 51.0 Å². The molecular weight excluding hydrogens is 440 g/mol. The number of thiazole rings is 1. The topological polar surface area (TPSA) is 120 Å². The van der Waals surface area contributed by atoms with Crippen molar-refractivity contribution >= 4 is 45.8 Å². The molecule has 0 aliphatic heterocycles. The Balaban J connectivity index is 1.54. The average molecular weight is 459 g/mol. The first-order valence-electron chi connectivity index (χ1n) is 9.34.